The summed E-state index contributed by atoms with van der Waals surface area (Å²) in [5.74, 6) is 0. The zero-order valence-electron chi connectivity index (χ0n) is 12.8. The Balaban J connectivity index is 2.19. The van der Waals surface area contributed by atoms with Gasteiger partial charge in [-0.15, -0.1) is 0 Å². The van der Waals surface area contributed by atoms with Crippen molar-refractivity contribution in [3.8, 4) is 11.1 Å². The van der Waals surface area contributed by atoms with Crippen molar-refractivity contribution in [3.05, 3.63) is 88.8 Å². The topological polar surface area (TPSA) is 26.9 Å². The minimum absolute atomic E-state index is 0.890. The maximum Gasteiger partial charge on any atom is 0.188 e. The molecule has 116 valence electrons. The summed E-state index contributed by atoms with van der Waals surface area (Å²) >= 11 is 3.37. The van der Waals surface area contributed by atoms with Crippen LogP contribution in [0.15, 0.2) is 78.0 Å². The highest BCUT2D eigenvalue weighted by molar-refractivity contribution is 9.11. The monoisotopic (exact) mass is 375 g/mol. The lowest BCUT2D eigenvalue weighted by molar-refractivity contribution is -0.603. The van der Waals surface area contributed by atoms with E-state index in [1.54, 1.807) is 12.4 Å². The second kappa shape index (κ2) is 6.10. The number of halogens is 1. The summed E-state index contributed by atoms with van der Waals surface area (Å²) in [6, 6.07) is 20.5. The quantitative estimate of drug-likeness (QED) is 0.328. The van der Waals surface area contributed by atoms with Gasteiger partial charge in [0.05, 0.1) is 5.56 Å². The van der Waals surface area contributed by atoms with Gasteiger partial charge >= 0.3 is 0 Å². The first-order chi connectivity index (χ1) is 11.8. The van der Waals surface area contributed by atoms with Gasteiger partial charge in [-0.25, -0.2) is 0 Å². The molecule has 0 amide bonds. The molecule has 2 nitrogen and oxygen atoms in total. The average Bonchev–Trinajstić information content (AvgIpc) is 2.61. The number of hydrogen-bond acceptors (Lipinski definition) is 1. The number of hydrogen-bond donors (Lipinski definition) is 0. The molecule has 0 unspecified atom stereocenters. The van der Waals surface area contributed by atoms with Gasteiger partial charge in [-0.1, -0.05) is 70.5 Å². The summed E-state index contributed by atoms with van der Waals surface area (Å²) in [4.78, 5) is 1.84. The molecule has 0 saturated heterocycles. The highest BCUT2D eigenvalue weighted by Crippen LogP contribution is 2.36. The van der Waals surface area contributed by atoms with Crippen LogP contribution in [0.1, 0.15) is 5.56 Å². The fraction of sp³-hybridized carbons (Fsp3) is 0. The molecule has 0 bridgehead atoms. The molecule has 0 radical (unpaired) electrons. The van der Waals surface area contributed by atoms with Crippen LogP contribution in [0.25, 0.3) is 38.7 Å². The van der Waals surface area contributed by atoms with E-state index >= 15 is 0 Å². The Morgan fingerprint density at radius 3 is 2.29 bits per heavy atom. The number of fused-ring (bicyclic) bond motifs is 2. The number of pyridine rings is 1. The maximum atomic E-state index is 12.2. The summed E-state index contributed by atoms with van der Waals surface area (Å²) in [6.07, 6.45) is 5.29. The van der Waals surface area contributed by atoms with Gasteiger partial charge < -0.3 is 5.21 Å². The molecule has 0 N–H and O–H groups in total. The van der Waals surface area contributed by atoms with Crippen LogP contribution in [-0.2, 0) is 0 Å². The van der Waals surface area contributed by atoms with Gasteiger partial charge in [0.15, 0.2) is 12.4 Å². The standard InChI is InChI=1S/C21H14BrNO/c22-12-11-16-10-9-15-5-1-4-8-19(15)21(16)20-14-23(24)13-17-6-2-3-7-18(17)20/h1-14H/b12-11-. The Morgan fingerprint density at radius 1 is 0.792 bits per heavy atom. The lowest BCUT2D eigenvalue weighted by Gasteiger charge is -2.13. The van der Waals surface area contributed by atoms with Gasteiger partial charge in [0.1, 0.15) is 0 Å². The van der Waals surface area contributed by atoms with Gasteiger partial charge in [0.25, 0.3) is 0 Å². The molecule has 3 heteroatoms. The highest BCUT2D eigenvalue weighted by Gasteiger charge is 2.15. The first-order valence-corrected chi connectivity index (χ1v) is 8.60. The van der Waals surface area contributed by atoms with Crippen LogP contribution in [-0.4, -0.2) is 0 Å². The van der Waals surface area contributed by atoms with Gasteiger partial charge in [0.2, 0.25) is 0 Å². The molecule has 0 aliphatic rings. The second-order valence-corrected chi connectivity index (χ2v) is 6.19. The SMILES string of the molecule is [O-][n+]1cc(-c2c(/C=C\Br)ccc3ccccc23)c2ccccc2c1. The third-order valence-corrected chi connectivity index (χ3v) is 4.51. The molecule has 0 saturated carbocycles. The van der Waals surface area contributed by atoms with E-state index in [-0.39, 0.29) is 0 Å². The lowest BCUT2D eigenvalue weighted by Crippen LogP contribution is -2.24. The summed E-state index contributed by atoms with van der Waals surface area (Å²) in [5, 5.41) is 16.5. The van der Waals surface area contributed by atoms with Gasteiger partial charge in [-0.2, -0.15) is 4.73 Å². The number of rotatable bonds is 2. The predicted molar refractivity (Wildman–Crippen MR) is 104 cm³/mol. The molecule has 3 aromatic carbocycles. The highest BCUT2D eigenvalue weighted by atomic mass is 79.9. The first-order valence-electron chi connectivity index (χ1n) is 7.68. The van der Waals surface area contributed by atoms with E-state index in [0.29, 0.717) is 0 Å². The molecule has 0 atom stereocenters. The van der Waals surface area contributed by atoms with E-state index in [2.05, 4.69) is 46.3 Å². The minimum atomic E-state index is 0.890. The Hall–Kier alpha value is -2.65. The molecular formula is C21H14BrNO. The van der Waals surface area contributed by atoms with Crippen molar-refractivity contribution < 1.29 is 4.73 Å². The summed E-state index contributed by atoms with van der Waals surface area (Å²) in [6.45, 7) is 0. The molecule has 24 heavy (non-hydrogen) atoms. The normalized spacial score (nSPS) is 11.5. The van der Waals surface area contributed by atoms with E-state index in [1.165, 1.54) is 0 Å². The Bertz CT molecular complexity index is 1090. The van der Waals surface area contributed by atoms with Gasteiger partial charge in [-0.3, -0.25) is 0 Å². The second-order valence-electron chi connectivity index (χ2n) is 5.66. The fourth-order valence-electron chi connectivity index (χ4n) is 3.22. The van der Waals surface area contributed by atoms with Gasteiger partial charge in [-0.05, 0) is 33.5 Å². The van der Waals surface area contributed by atoms with Gasteiger partial charge in [0, 0.05) is 16.3 Å². The average molecular weight is 376 g/mol. The predicted octanol–water partition coefficient (Wildman–Crippen LogP) is 5.66. The molecule has 0 aliphatic heterocycles. The van der Waals surface area contributed by atoms with Crippen LogP contribution in [0.4, 0.5) is 0 Å². The minimum Gasteiger partial charge on any atom is -0.619 e. The largest absolute Gasteiger partial charge is 0.619 e. The summed E-state index contributed by atoms with van der Waals surface area (Å²) < 4.78 is 0.890. The Labute approximate surface area is 148 Å². The molecule has 0 spiro atoms. The van der Waals surface area contributed by atoms with Crippen molar-refractivity contribution >= 4 is 43.6 Å². The van der Waals surface area contributed by atoms with E-state index in [4.69, 9.17) is 0 Å². The molecule has 4 aromatic rings. The molecule has 4 rings (SSSR count). The third kappa shape index (κ3) is 2.47. The van der Waals surface area contributed by atoms with E-state index in [1.807, 2.05) is 41.4 Å². The number of aromatic nitrogens is 1. The Morgan fingerprint density at radius 2 is 1.50 bits per heavy atom. The van der Waals surface area contributed by atoms with E-state index in [9.17, 15) is 5.21 Å². The summed E-state index contributed by atoms with van der Waals surface area (Å²) in [5.41, 5.74) is 3.09. The van der Waals surface area contributed by atoms with Crippen LogP contribution in [0.5, 0.6) is 0 Å². The zero-order valence-corrected chi connectivity index (χ0v) is 14.4. The van der Waals surface area contributed by atoms with Crippen molar-refractivity contribution in [3.63, 3.8) is 0 Å². The van der Waals surface area contributed by atoms with Crippen molar-refractivity contribution in [2.75, 3.05) is 0 Å². The lowest BCUT2D eigenvalue weighted by atomic mass is 9.91. The molecule has 1 heterocycles. The van der Waals surface area contributed by atoms with E-state index in [0.717, 1.165) is 43.0 Å². The van der Waals surface area contributed by atoms with E-state index < -0.39 is 0 Å². The molecule has 0 aliphatic carbocycles. The molecule has 0 fully saturated rings. The molecular weight excluding hydrogens is 362 g/mol. The van der Waals surface area contributed by atoms with Crippen LogP contribution in [0, 0.1) is 5.21 Å². The smallest absolute Gasteiger partial charge is 0.188 e. The fourth-order valence-corrected chi connectivity index (χ4v) is 3.51. The van der Waals surface area contributed by atoms with Crippen LogP contribution >= 0.6 is 15.9 Å². The zero-order chi connectivity index (χ0) is 16.5. The molecule has 1 aromatic heterocycles. The number of benzene rings is 3. The summed E-state index contributed by atoms with van der Waals surface area (Å²) in [7, 11) is 0. The van der Waals surface area contributed by atoms with Crippen molar-refractivity contribution in [2.24, 2.45) is 0 Å². The van der Waals surface area contributed by atoms with Crippen LogP contribution in [0.3, 0.4) is 0 Å². The third-order valence-electron chi connectivity index (χ3n) is 4.25. The maximum absolute atomic E-state index is 12.2. The van der Waals surface area contributed by atoms with Crippen LogP contribution < -0.4 is 4.73 Å². The van der Waals surface area contributed by atoms with Crippen molar-refractivity contribution in [2.45, 2.75) is 0 Å². The van der Waals surface area contributed by atoms with Crippen molar-refractivity contribution in [1.29, 1.82) is 0 Å². The Kier molecular flexibility index (Phi) is 3.79. The number of nitrogens with zero attached hydrogens (tertiary/aromatic N) is 1. The van der Waals surface area contributed by atoms with Crippen LogP contribution in [0.2, 0.25) is 0 Å². The first kappa shape index (κ1) is 14.9. The van der Waals surface area contributed by atoms with Crippen molar-refractivity contribution in [1.82, 2.24) is 0 Å².